The van der Waals surface area contributed by atoms with Crippen LogP contribution in [0, 0.1) is 6.92 Å². The molecular weight excluding hydrogens is 272 g/mol. The maximum atomic E-state index is 10.8. The van der Waals surface area contributed by atoms with Crippen molar-refractivity contribution in [3.63, 3.8) is 0 Å². The Hall–Kier alpha value is -1.06. The van der Waals surface area contributed by atoms with Gasteiger partial charge in [0.1, 0.15) is 0 Å². The van der Waals surface area contributed by atoms with Crippen LogP contribution in [0.5, 0.6) is 0 Å². The van der Waals surface area contributed by atoms with Gasteiger partial charge in [-0.2, -0.15) is 0 Å². The quantitative estimate of drug-likeness (QED) is 0.926. The minimum absolute atomic E-state index is 0.0475. The molecule has 1 aromatic carbocycles. The van der Waals surface area contributed by atoms with E-state index in [2.05, 4.69) is 35.3 Å². The molecule has 0 unspecified atom stereocenters. The number of piperidine rings is 1. The Morgan fingerprint density at radius 3 is 2.70 bits per heavy atom. The number of hydrogen-bond acceptors (Lipinski definition) is 2. The highest BCUT2D eigenvalue weighted by atomic mass is 35.5. The van der Waals surface area contributed by atoms with Crippen molar-refractivity contribution < 1.29 is 4.79 Å². The van der Waals surface area contributed by atoms with Crippen LogP contribution in [0.4, 0.5) is 0 Å². The van der Waals surface area contributed by atoms with Crippen molar-refractivity contribution in [3.05, 3.63) is 34.3 Å². The predicted molar refractivity (Wildman–Crippen MR) is 83.3 cm³/mol. The number of halogens is 1. The Balaban J connectivity index is 1.83. The molecule has 1 aromatic rings. The van der Waals surface area contributed by atoms with E-state index in [9.17, 15) is 4.79 Å². The molecule has 1 fully saturated rings. The summed E-state index contributed by atoms with van der Waals surface area (Å²) in [5, 5.41) is 3.75. The number of benzene rings is 1. The Kier molecular flexibility index (Phi) is 5.44. The number of rotatable bonds is 4. The SMILES string of the molecule is CC(=O)NCCN1CCC(c2ccc(C)cc2Cl)CC1. The van der Waals surface area contributed by atoms with Gasteiger partial charge in [0.2, 0.25) is 5.91 Å². The van der Waals surface area contributed by atoms with Crippen LogP contribution in [0.2, 0.25) is 5.02 Å². The molecule has 1 saturated heterocycles. The highest BCUT2D eigenvalue weighted by Crippen LogP contribution is 2.33. The molecule has 20 heavy (non-hydrogen) atoms. The van der Waals surface area contributed by atoms with Crippen molar-refractivity contribution in [3.8, 4) is 0 Å². The average molecular weight is 295 g/mol. The summed E-state index contributed by atoms with van der Waals surface area (Å²) in [6.45, 7) is 7.47. The zero-order chi connectivity index (χ0) is 14.5. The summed E-state index contributed by atoms with van der Waals surface area (Å²) in [6, 6.07) is 6.37. The molecule has 0 radical (unpaired) electrons. The van der Waals surface area contributed by atoms with Gasteiger partial charge in [-0.3, -0.25) is 4.79 Å². The van der Waals surface area contributed by atoms with Gasteiger partial charge < -0.3 is 10.2 Å². The third kappa shape index (κ3) is 4.22. The van der Waals surface area contributed by atoms with Crippen molar-refractivity contribution in [2.45, 2.75) is 32.6 Å². The van der Waals surface area contributed by atoms with Crippen molar-refractivity contribution in [1.82, 2.24) is 10.2 Å². The Morgan fingerprint density at radius 1 is 1.40 bits per heavy atom. The molecule has 3 nitrogen and oxygen atoms in total. The molecule has 1 heterocycles. The minimum atomic E-state index is 0.0475. The first-order valence-corrected chi connectivity index (χ1v) is 7.67. The number of hydrogen-bond donors (Lipinski definition) is 1. The first kappa shape index (κ1) is 15.3. The molecular formula is C16H23ClN2O. The lowest BCUT2D eigenvalue weighted by molar-refractivity contribution is -0.119. The summed E-state index contributed by atoms with van der Waals surface area (Å²) < 4.78 is 0. The Labute approximate surface area is 126 Å². The second kappa shape index (κ2) is 7.09. The molecule has 0 saturated carbocycles. The van der Waals surface area contributed by atoms with Crippen molar-refractivity contribution in [2.24, 2.45) is 0 Å². The molecule has 4 heteroatoms. The number of aryl methyl sites for hydroxylation is 1. The van der Waals surface area contributed by atoms with Gasteiger partial charge in [-0.1, -0.05) is 23.7 Å². The van der Waals surface area contributed by atoms with Crippen LogP contribution < -0.4 is 5.32 Å². The fraction of sp³-hybridized carbons (Fsp3) is 0.562. The fourth-order valence-electron chi connectivity index (χ4n) is 2.82. The van der Waals surface area contributed by atoms with Gasteiger partial charge in [0, 0.05) is 25.0 Å². The zero-order valence-corrected chi connectivity index (χ0v) is 13.0. The van der Waals surface area contributed by atoms with Gasteiger partial charge in [0.25, 0.3) is 0 Å². The molecule has 2 rings (SSSR count). The second-order valence-corrected chi connectivity index (χ2v) is 6.03. The van der Waals surface area contributed by atoms with Crippen LogP contribution in [0.15, 0.2) is 18.2 Å². The van der Waals surface area contributed by atoms with Gasteiger partial charge in [-0.05, 0) is 56.0 Å². The van der Waals surface area contributed by atoms with Crippen LogP contribution in [-0.4, -0.2) is 37.0 Å². The molecule has 0 aromatic heterocycles. The van der Waals surface area contributed by atoms with Crippen molar-refractivity contribution in [2.75, 3.05) is 26.2 Å². The minimum Gasteiger partial charge on any atom is -0.355 e. The summed E-state index contributed by atoms with van der Waals surface area (Å²) in [6.07, 6.45) is 2.28. The number of likely N-dealkylation sites (tertiary alicyclic amines) is 1. The number of amides is 1. The van der Waals surface area contributed by atoms with E-state index in [-0.39, 0.29) is 5.91 Å². The summed E-state index contributed by atoms with van der Waals surface area (Å²) in [7, 11) is 0. The molecule has 0 bridgehead atoms. The van der Waals surface area contributed by atoms with Crippen molar-refractivity contribution in [1.29, 1.82) is 0 Å². The first-order valence-electron chi connectivity index (χ1n) is 7.29. The van der Waals surface area contributed by atoms with E-state index in [0.717, 1.165) is 44.0 Å². The molecule has 1 aliphatic heterocycles. The van der Waals surface area contributed by atoms with Crippen LogP contribution in [0.25, 0.3) is 0 Å². The maximum absolute atomic E-state index is 10.8. The van der Waals surface area contributed by atoms with E-state index in [1.165, 1.54) is 11.1 Å². The smallest absolute Gasteiger partial charge is 0.216 e. The summed E-state index contributed by atoms with van der Waals surface area (Å²) in [5.74, 6) is 0.617. The van der Waals surface area contributed by atoms with E-state index in [4.69, 9.17) is 11.6 Å². The summed E-state index contributed by atoms with van der Waals surface area (Å²) in [5.41, 5.74) is 2.50. The topological polar surface area (TPSA) is 32.3 Å². The van der Waals surface area contributed by atoms with Gasteiger partial charge in [-0.25, -0.2) is 0 Å². The van der Waals surface area contributed by atoms with E-state index < -0.39 is 0 Å². The van der Waals surface area contributed by atoms with E-state index in [1.807, 2.05) is 0 Å². The number of nitrogens with one attached hydrogen (secondary N) is 1. The normalized spacial score (nSPS) is 17.1. The second-order valence-electron chi connectivity index (χ2n) is 5.62. The van der Waals surface area contributed by atoms with Crippen LogP contribution in [0.3, 0.4) is 0 Å². The molecule has 1 amide bonds. The molecule has 1 aliphatic rings. The average Bonchev–Trinajstić information content (AvgIpc) is 2.39. The van der Waals surface area contributed by atoms with Gasteiger partial charge >= 0.3 is 0 Å². The maximum Gasteiger partial charge on any atom is 0.216 e. The number of carbonyl (C=O) groups is 1. The highest BCUT2D eigenvalue weighted by Gasteiger charge is 2.21. The molecule has 0 aliphatic carbocycles. The molecule has 0 spiro atoms. The lowest BCUT2D eigenvalue weighted by atomic mass is 9.89. The largest absolute Gasteiger partial charge is 0.355 e. The summed E-state index contributed by atoms with van der Waals surface area (Å²) in [4.78, 5) is 13.3. The van der Waals surface area contributed by atoms with Crippen molar-refractivity contribution >= 4 is 17.5 Å². The molecule has 110 valence electrons. The Bertz CT molecular complexity index is 468. The monoisotopic (exact) mass is 294 g/mol. The van der Waals surface area contributed by atoms with Gasteiger partial charge in [0.05, 0.1) is 0 Å². The zero-order valence-electron chi connectivity index (χ0n) is 12.3. The van der Waals surface area contributed by atoms with Crippen LogP contribution in [-0.2, 0) is 4.79 Å². The van der Waals surface area contributed by atoms with E-state index in [0.29, 0.717) is 5.92 Å². The third-order valence-corrected chi connectivity index (χ3v) is 4.31. The lowest BCUT2D eigenvalue weighted by Crippen LogP contribution is -2.38. The number of nitrogens with zero attached hydrogens (tertiary/aromatic N) is 1. The first-order chi connectivity index (χ1) is 9.56. The van der Waals surface area contributed by atoms with E-state index >= 15 is 0 Å². The number of carbonyl (C=O) groups excluding carboxylic acids is 1. The molecule has 1 N–H and O–H groups in total. The standard InChI is InChI=1S/C16H23ClN2O/c1-12-3-4-15(16(17)11-12)14-5-8-19(9-6-14)10-7-18-13(2)20/h3-4,11,14H,5-10H2,1-2H3,(H,18,20). The van der Waals surface area contributed by atoms with Crippen LogP contribution >= 0.6 is 11.6 Å². The molecule has 0 atom stereocenters. The predicted octanol–water partition coefficient (Wildman–Crippen LogP) is 2.96. The highest BCUT2D eigenvalue weighted by molar-refractivity contribution is 6.31. The fourth-order valence-corrected chi connectivity index (χ4v) is 3.21. The van der Waals surface area contributed by atoms with E-state index in [1.54, 1.807) is 6.92 Å². The van der Waals surface area contributed by atoms with Gasteiger partial charge in [0.15, 0.2) is 0 Å². The lowest BCUT2D eigenvalue weighted by Gasteiger charge is -2.32. The van der Waals surface area contributed by atoms with Crippen LogP contribution in [0.1, 0.15) is 36.8 Å². The summed E-state index contributed by atoms with van der Waals surface area (Å²) >= 11 is 6.36. The Morgan fingerprint density at radius 2 is 2.10 bits per heavy atom. The van der Waals surface area contributed by atoms with Gasteiger partial charge in [-0.15, -0.1) is 0 Å². The third-order valence-electron chi connectivity index (χ3n) is 3.99.